The summed E-state index contributed by atoms with van der Waals surface area (Å²) in [4.78, 5) is 0. The highest BCUT2D eigenvalue weighted by Crippen LogP contribution is 1.72. The van der Waals surface area contributed by atoms with E-state index in [0.29, 0.717) is 13.2 Å². The molecular weight excluding hydrogens is 216 g/mol. The van der Waals surface area contributed by atoms with Crippen LogP contribution in [0.15, 0.2) is 64.8 Å². The van der Waals surface area contributed by atoms with Gasteiger partial charge in [-0.25, -0.2) is 0 Å². The van der Waals surface area contributed by atoms with E-state index in [1.165, 1.54) is 0 Å². The van der Waals surface area contributed by atoms with Gasteiger partial charge < -0.3 is 14.9 Å². The van der Waals surface area contributed by atoms with Crippen molar-refractivity contribution < 1.29 is 14.9 Å². The summed E-state index contributed by atoms with van der Waals surface area (Å²) in [6.07, 6.45) is 3.42. The first kappa shape index (κ1) is 29.6. The highest BCUT2D eigenvalue weighted by molar-refractivity contribution is 4.68. The van der Waals surface area contributed by atoms with Gasteiger partial charge >= 0.3 is 0 Å². The van der Waals surface area contributed by atoms with Crippen molar-refractivity contribution in [1.82, 2.24) is 0 Å². The molecule has 0 aliphatic carbocycles. The molecule has 0 aromatic rings. The monoisotopic (exact) mass is 244 g/mol. The SMILES string of the molecule is C=C.C=C.C=C.C=CCOCC=C.OCCO. The molecule has 0 spiro atoms. The summed E-state index contributed by atoms with van der Waals surface area (Å²) >= 11 is 0. The quantitative estimate of drug-likeness (QED) is 0.577. The van der Waals surface area contributed by atoms with Crippen LogP contribution in [0.5, 0.6) is 0 Å². The van der Waals surface area contributed by atoms with Crippen LogP contribution in [0.3, 0.4) is 0 Å². The van der Waals surface area contributed by atoms with Crippen LogP contribution in [0.1, 0.15) is 0 Å². The predicted molar refractivity (Wildman–Crippen MR) is 79.1 cm³/mol. The van der Waals surface area contributed by atoms with Gasteiger partial charge in [-0.15, -0.1) is 52.6 Å². The Morgan fingerprint density at radius 2 is 0.941 bits per heavy atom. The van der Waals surface area contributed by atoms with Gasteiger partial charge in [0.15, 0.2) is 0 Å². The van der Waals surface area contributed by atoms with Crippen molar-refractivity contribution in [2.24, 2.45) is 0 Å². The van der Waals surface area contributed by atoms with Gasteiger partial charge in [0.05, 0.1) is 26.4 Å². The average molecular weight is 244 g/mol. The lowest BCUT2D eigenvalue weighted by molar-refractivity contribution is 0.186. The molecule has 0 amide bonds. The molecule has 2 N–H and O–H groups in total. The summed E-state index contributed by atoms with van der Waals surface area (Å²) < 4.78 is 4.90. The topological polar surface area (TPSA) is 49.7 Å². The molecule has 0 unspecified atom stereocenters. The summed E-state index contributed by atoms with van der Waals surface area (Å²) in [5, 5.41) is 15.2. The summed E-state index contributed by atoms with van der Waals surface area (Å²) in [7, 11) is 0. The lowest BCUT2D eigenvalue weighted by Crippen LogP contribution is -1.87. The third-order valence-electron chi connectivity index (χ3n) is 0.571. The Hall–Kier alpha value is -1.42. The fourth-order valence-electron chi connectivity index (χ4n) is 0.235. The van der Waals surface area contributed by atoms with Crippen LogP contribution in [-0.4, -0.2) is 36.6 Å². The van der Waals surface area contributed by atoms with E-state index in [-0.39, 0.29) is 13.2 Å². The Morgan fingerprint density at radius 3 is 1.06 bits per heavy atom. The molecule has 0 aromatic heterocycles. The fourth-order valence-corrected chi connectivity index (χ4v) is 0.235. The molecule has 0 heterocycles. The molecule has 17 heavy (non-hydrogen) atoms. The van der Waals surface area contributed by atoms with Crippen molar-refractivity contribution in [3.05, 3.63) is 64.8 Å². The second-order valence-electron chi connectivity index (χ2n) is 1.56. The maximum atomic E-state index is 7.62. The third-order valence-corrected chi connectivity index (χ3v) is 0.571. The molecule has 3 heteroatoms. The average Bonchev–Trinajstić information content (AvgIpc) is 2.46. The van der Waals surface area contributed by atoms with Gasteiger partial charge in [0.25, 0.3) is 0 Å². The smallest absolute Gasteiger partial charge is 0.0662 e. The van der Waals surface area contributed by atoms with Crippen molar-refractivity contribution >= 4 is 0 Å². The van der Waals surface area contributed by atoms with E-state index in [0.717, 1.165) is 0 Å². The van der Waals surface area contributed by atoms with E-state index < -0.39 is 0 Å². The second-order valence-corrected chi connectivity index (χ2v) is 1.56. The molecule has 0 rings (SSSR count). The van der Waals surface area contributed by atoms with E-state index >= 15 is 0 Å². The number of aliphatic hydroxyl groups is 2. The molecule has 0 aliphatic heterocycles. The van der Waals surface area contributed by atoms with Crippen molar-refractivity contribution in [3.8, 4) is 0 Å². The van der Waals surface area contributed by atoms with Gasteiger partial charge in [0, 0.05) is 0 Å². The molecular formula is C14H28O3. The number of rotatable bonds is 5. The van der Waals surface area contributed by atoms with E-state index in [9.17, 15) is 0 Å². The zero-order chi connectivity index (χ0) is 14.9. The molecule has 0 saturated heterocycles. The minimum atomic E-state index is -0.125. The molecule has 0 radical (unpaired) electrons. The van der Waals surface area contributed by atoms with Gasteiger partial charge in [0.2, 0.25) is 0 Å². The Kier molecular flexibility index (Phi) is 150. The number of hydrogen-bond acceptors (Lipinski definition) is 3. The van der Waals surface area contributed by atoms with Crippen LogP contribution in [0.2, 0.25) is 0 Å². The Labute approximate surface area is 107 Å². The van der Waals surface area contributed by atoms with Crippen molar-refractivity contribution in [3.63, 3.8) is 0 Å². The maximum Gasteiger partial charge on any atom is 0.0662 e. The van der Waals surface area contributed by atoms with Gasteiger partial charge in [-0.3, -0.25) is 0 Å². The van der Waals surface area contributed by atoms with E-state index in [1.807, 2.05) is 0 Å². The van der Waals surface area contributed by atoms with Crippen molar-refractivity contribution in [1.29, 1.82) is 0 Å². The first-order valence-electron chi connectivity index (χ1n) is 4.84. The van der Waals surface area contributed by atoms with Gasteiger partial charge in [-0.2, -0.15) is 0 Å². The van der Waals surface area contributed by atoms with E-state index in [2.05, 4.69) is 52.6 Å². The molecule has 0 saturated carbocycles. The highest BCUT2D eigenvalue weighted by Gasteiger charge is 1.70. The normalized spacial score (nSPS) is 5.76. The van der Waals surface area contributed by atoms with Crippen molar-refractivity contribution in [2.75, 3.05) is 26.4 Å². The van der Waals surface area contributed by atoms with Crippen molar-refractivity contribution in [2.45, 2.75) is 0 Å². The zero-order valence-corrected chi connectivity index (χ0v) is 10.9. The Balaban J connectivity index is -0.0000000412. The first-order valence-corrected chi connectivity index (χ1v) is 4.84. The minimum absolute atomic E-state index is 0.125. The minimum Gasteiger partial charge on any atom is -0.394 e. The lowest BCUT2D eigenvalue weighted by Gasteiger charge is -1.89. The Morgan fingerprint density at radius 1 is 0.706 bits per heavy atom. The maximum absolute atomic E-state index is 7.62. The first-order chi connectivity index (χ1) is 8.33. The van der Waals surface area contributed by atoms with Crippen LogP contribution in [0.25, 0.3) is 0 Å². The number of ether oxygens (including phenoxy) is 1. The fraction of sp³-hybridized carbons (Fsp3) is 0.286. The standard InChI is InChI=1S/C6H10O.C2H6O2.3C2H4/c1-3-5-7-6-4-2;3-1-2-4;3*1-2/h3-4H,1-2,5-6H2;3-4H,1-2H2;3*1-2H2. The summed E-state index contributed by atoms with van der Waals surface area (Å²) in [5.74, 6) is 0. The highest BCUT2D eigenvalue weighted by atomic mass is 16.5. The lowest BCUT2D eigenvalue weighted by atomic mass is 10.6. The van der Waals surface area contributed by atoms with Crippen LogP contribution < -0.4 is 0 Å². The largest absolute Gasteiger partial charge is 0.394 e. The van der Waals surface area contributed by atoms with Crippen LogP contribution in [0.4, 0.5) is 0 Å². The molecule has 0 aromatic carbocycles. The zero-order valence-electron chi connectivity index (χ0n) is 10.9. The van der Waals surface area contributed by atoms with Gasteiger partial charge in [-0.1, -0.05) is 12.2 Å². The summed E-state index contributed by atoms with van der Waals surface area (Å²) in [6, 6.07) is 0. The second kappa shape index (κ2) is 86.4. The molecule has 0 bridgehead atoms. The Bertz CT molecular complexity index is 99.3. The van der Waals surface area contributed by atoms with Crippen LogP contribution in [0, 0.1) is 0 Å². The number of hydrogen-bond donors (Lipinski definition) is 2. The number of aliphatic hydroxyl groups excluding tert-OH is 2. The molecule has 102 valence electrons. The predicted octanol–water partition coefficient (Wildman–Crippen LogP) is 2.75. The molecule has 3 nitrogen and oxygen atoms in total. The molecule has 0 fully saturated rings. The molecule has 0 aliphatic rings. The summed E-state index contributed by atoms with van der Waals surface area (Å²) in [6.45, 7) is 25.9. The van der Waals surface area contributed by atoms with Crippen LogP contribution >= 0.6 is 0 Å². The van der Waals surface area contributed by atoms with Crippen LogP contribution in [-0.2, 0) is 4.74 Å². The summed E-state index contributed by atoms with van der Waals surface area (Å²) in [5.41, 5.74) is 0. The van der Waals surface area contributed by atoms with E-state index in [4.69, 9.17) is 14.9 Å². The van der Waals surface area contributed by atoms with E-state index in [1.54, 1.807) is 12.2 Å². The van der Waals surface area contributed by atoms with Gasteiger partial charge in [0.1, 0.15) is 0 Å². The third kappa shape index (κ3) is 180. The molecule has 0 atom stereocenters. The van der Waals surface area contributed by atoms with Gasteiger partial charge in [-0.05, 0) is 0 Å².